The quantitative estimate of drug-likeness (QED) is 0.689. The highest BCUT2D eigenvalue weighted by Crippen LogP contribution is 2.25. The van der Waals surface area contributed by atoms with Crippen molar-refractivity contribution < 1.29 is 13.9 Å². The van der Waals surface area contributed by atoms with E-state index in [1.54, 1.807) is 6.92 Å². The molecular weight excluding hydrogens is 266 g/mol. The summed E-state index contributed by atoms with van der Waals surface area (Å²) >= 11 is 0. The zero-order valence-corrected chi connectivity index (χ0v) is 11.9. The Bertz CT molecular complexity index is 805. The van der Waals surface area contributed by atoms with Crippen LogP contribution in [0.4, 0.5) is 0 Å². The minimum atomic E-state index is -0.323. The van der Waals surface area contributed by atoms with Crippen LogP contribution in [0.5, 0.6) is 0 Å². The lowest BCUT2D eigenvalue weighted by Gasteiger charge is -1.99. The number of aromatic nitrogens is 1. The number of fused-ring (bicyclic) bond motifs is 1. The molecule has 4 heteroatoms. The van der Waals surface area contributed by atoms with Gasteiger partial charge in [0.2, 0.25) is 5.89 Å². The molecule has 0 saturated heterocycles. The van der Waals surface area contributed by atoms with Gasteiger partial charge in [-0.3, -0.25) is 4.79 Å². The minimum Gasteiger partial charge on any atom is -0.469 e. The lowest BCUT2D eigenvalue weighted by Crippen LogP contribution is -2.05. The number of oxazole rings is 1. The molecule has 0 amide bonds. The van der Waals surface area contributed by atoms with E-state index in [1.165, 1.54) is 12.5 Å². The van der Waals surface area contributed by atoms with Gasteiger partial charge in [0.15, 0.2) is 0 Å². The number of hydrogen-bond donors (Lipinski definition) is 0. The molecule has 1 heterocycles. The zero-order valence-electron chi connectivity index (χ0n) is 11.9. The summed E-state index contributed by atoms with van der Waals surface area (Å²) < 4.78 is 10.3. The van der Waals surface area contributed by atoms with Crippen molar-refractivity contribution >= 4 is 16.7 Å². The van der Waals surface area contributed by atoms with Crippen molar-refractivity contribution in [2.75, 3.05) is 7.11 Å². The van der Waals surface area contributed by atoms with Gasteiger partial charge in [-0.1, -0.05) is 30.3 Å². The Morgan fingerprint density at radius 1 is 1.19 bits per heavy atom. The second-order valence-corrected chi connectivity index (χ2v) is 4.84. The number of carbonyl (C=O) groups is 1. The molecule has 106 valence electrons. The van der Waals surface area contributed by atoms with Gasteiger partial charge < -0.3 is 9.15 Å². The molecule has 0 atom stereocenters. The van der Waals surface area contributed by atoms with Crippen LogP contribution in [0.2, 0.25) is 0 Å². The van der Waals surface area contributed by atoms with E-state index in [0.717, 1.165) is 10.9 Å². The molecule has 0 aliphatic rings. The van der Waals surface area contributed by atoms with Crippen LogP contribution in [0, 0.1) is 6.92 Å². The van der Waals surface area contributed by atoms with E-state index >= 15 is 0 Å². The molecular formula is C17H15NO3. The number of benzene rings is 2. The Morgan fingerprint density at radius 3 is 2.71 bits per heavy atom. The lowest BCUT2D eigenvalue weighted by atomic mass is 10.1. The molecule has 0 saturated carbocycles. The molecule has 3 aromatic rings. The highest BCUT2D eigenvalue weighted by Gasteiger charge is 2.15. The third kappa shape index (κ3) is 2.65. The van der Waals surface area contributed by atoms with Crippen LogP contribution in [-0.4, -0.2) is 18.1 Å². The van der Waals surface area contributed by atoms with Crippen molar-refractivity contribution in [3.05, 3.63) is 53.9 Å². The van der Waals surface area contributed by atoms with Gasteiger partial charge in [-0.25, -0.2) is 4.98 Å². The maximum Gasteiger partial charge on any atom is 0.311 e. The smallest absolute Gasteiger partial charge is 0.311 e. The van der Waals surface area contributed by atoms with Crippen LogP contribution < -0.4 is 0 Å². The van der Waals surface area contributed by atoms with E-state index in [-0.39, 0.29) is 12.4 Å². The van der Waals surface area contributed by atoms with Gasteiger partial charge in [-0.05, 0) is 29.8 Å². The predicted octanol–water partition coefficient (Wildman–Crippen LogP) is 3.52. The number of nitrogens with zero attached hydrogens (tertiary/aromatic N) is 1. The van der Waals surface area contributed by atoms with E-state index in [1.807, 2.05) is 36.4 Å². The van der Waals surface area contributed by atoms with E-state index in [4.69, 9.17) is 4.42 Å². The fraction of sp³-hybridized carbons (Fsp3) is 0.176. The molecule has 0 aliphatic carbocycles. The van der Waals surface area contributed by atoms with E-state index < -0.39 is 0 Å². The summed E-state index contributed by atoms with van der Waals surface area (Å²) in [6, 6.07) is 14.1. The molecule has 4 nitrogen and oxygen atoms in total. The third-order valence-electron chi connectivity index (χ3n) is 3.43. The third-order valence-corrected chi connectivity index (χ3v) is 3.43. The van der Waals surface area contributed by atoms with Crippen molar-refractivity contribution in [1.82, 2.24) is 4.98 Å². The molecule has 3 rings (SSSR count). The van der Waals surface area contributed by atoms with Crippen LogP contribution in [0.15, 0.2) is 46.9 Å². The minimum absolute atomic E-state index is 0.124. The monoisotopic (exact) mass is 281 g/mol. The fourth-order valence-electron chi connectivity index (χ4n) is 2.25. The lowest BCUT2D eigenvalue weighted by molar-refractivity contribution is -0.139. The van der Waals surface area contributed by atoms with E-state index in [9.17, 15) is 4.79 Å². The maximum absolute atomic E-state index is 11.4. The molecule has 0 spiro atoms. The summed E-state index contributed by atoms with van der Waals surface area (Å²) in [6.07, 6.45) is 0.124. The van der Waals surface area contributed by atoms with Crippen molar-refractivity contribution in [3.63, 3.8) is 0 Å². The number of rotatable bonds is 3. The molecule has 1 aromatic heterocycles. The van der Waals surface area contributed by atoms with Crippen molar-refractivity contribution in [2.24, 2.45) is 0 Å². The highest BCUT2D eigenvalue weighted by atomic mass is 16.5. The molecule has 0 bridgehead atoms. The first-order chi connectivity index (χ1) is 10.2. The van der Waals surface area contributed by atoms with Gasteiger partial charge in [-0.2, -0.15) is 0 Å². The van der Waals surface area contributed by atoms with E-state index in [0.29, 0.717) is 17.3 Å². The number of carbonyl (C=O) groups excluding carboxylic acids is 1. The maximum atomic E-state index is 11.4. The van der Waals surface area contributed by atoms with Gasteiger partial charge in [0.25, 0.3) is 0 Å². The molecule has 0 radical (unpaired) electrons. The number of hydrogen-bond acceptors (Lipinski definition) is 4. The number of aryl methyl sites for hydroxylation is 1. The van der Waals surface area contributed by atoms with Crippen LogP contribution in [-0.2, 0) is 16.0 Å². The number of methoxy groups -OCH3 is 1. The summed E-state index contributed by atoms with van der Waals surface area (Å²) in [6.45, 7) is 1.80. The second kappa shape index (κ2) is 5.40. The SMILES string of the molecule is COC(=O)Cc1nc(-c2ccc3ccccc3c2)oc1C. The standard InChI is InChI=1S/C17H15NO3/c1-11-15(10-16(19)20-2)18-17(21-11)14-8-7-12-5-3-4-6-13(12)9-14/h3-9H,10H2,1-2H3. The van der Waals surface area contributed by atoms with Gasteiger partial charge in [0, 0.05) is 5.56 Å². The average Bonchev–Trinajstić information content (AvgIpc) is 2.87. The molecule has 0 fully saturated rings. The van der Waals surface area contributed by atoms with Crippen LogP contribution in [0.1, 0.15) is 11.5 Å². The van der Waals surface area contributed by atoms with Gasteiger partial charge in [0.05, 0.1) is 19.2 Å². The first-order valence-electron chi connectivity index (χ1n) is 6.69. The summed E-state index contributed by atoms with van der Waals surface area (Å²) in [5, 5.41) is 2.29. The normalized spacial score (nSPS) is 10.8. The van der Waals surface area contributed by atoms with Gasteiger partial charge >= 0.3 is 5.97 Å². The van der Waals surface area contributed by atoms with Gasteiger partial charge in [-0.15, -0.1) is 0 Å². The fourth-order valence-corrected chi connectivity index (χ4v) is 2.25. The van der Waals surface area contributed by atoms with Crippen molar-refractivity contribution in [1.29, 1.82) is 0 Å². The average molecular weight is 281 g/mol. The summed E-state index contributed by atoms with van der Waals surface area (Å²) in [5.41, 5.74) is 1.51. The van der Waals surface area contributed by atoms with Crippen LogP contribution in [0.3, 0.4) is 0 Å². The molecule has 2 aromatic carbocycles. The Morgan fingerprint density at radius 2 is 1.95 bits per heavy atom. The predicted molar refractivity (Wildman–Crippen MR) is 79.9 cm³/mol. The van der Waals surface area contributed by atoms with E-state index in [2.05, 4.69) is 15.8 Å². The summed E-state index contributed by atoms with van der Waals surface area (Å²) in [4.78, 5) is 15.8. The first-order valence-corrected chi connectivity index (χ1v) is 6.69. The Kier molecular flexibility index (Phi) is 3.44. The molecule has 0 N–H and O–H groups in total. The molecule has 0 unspecified atom stereocenters. The second-order valence-electron chi connectivity index (χ2n) is 4.84. The number of ether oxygens (including phenoxy) is 1. The van der Waals surface area contributed by atoms with Crippen LogP contribution in [0.25, 0.3) is 22.2 Å². The van der Waals surface area contributed by atoms with Crippen molar-refractivity contribution in [3.8, 4) is 11.5 Å². The molecule has 21 heavy (non-hydrogen) atoms. The Hall–Kier alpha value is -2.62. The summed E-state index contributed by atoms with van der Waals surface area (Å²) in [7, 11) is 1.36. The summed E-state index contributed by atoms with van der Waals surface area (Å²) in [5.74, 6) is 0.845. The van der Waals surface area contributed by atoms with Crippen LogP contribution >= 0.6 is 0 Å². The van der Waals surface area contributed by atoms with Gasteiger partial charge in [0.1, 0.15) is 5.76 Å². The molecule has 0 aliphatic heterocycles. The van der Waals surface area contributed by atoms with Crippen molar-refractivity contribution in [2.45, 2.75) is 13.3 Å². The number of esters is 1. The first kappa shape index (κ1) is 13.4. The Labute approximate surface area is 122 Å². The highest BCUT2D eigenvalue weighted by molar-refractivity contribution is 5.86. The topological polar surface area (TPSA) is 52.3 Å². The Balaban J connectivity index is 1.98. The zero-order chi connectivity index (χ0) is 14.8. The largest absolute Gasteiger partial charge is 0.469 e.